The molecule has 0 saturated carbocycles. The Hall–Kier alpha value is -5.94. The minimum Gasteiger partial charge on any atom is -0.496 e. The predicted octanol–water partition coefficient (Wildman–Crippen LogP) is 4.62. The van der Waals surface area contributed by atoms with E-state index in [2.05, 4.69) is 63.7 Å². The molecule has 7 rings (SSSR count). The molecule has 0 aromatic heterocycles. The summed E-state index contributed by atoms with van der Waals surface area (Å²) in [6, 6.07) is 10.8. The highest BCUT2D eigenvalue weighted by molar-refractivity contribution is 9.11. The van der Waals surface area contributed by atoms with E-state index in [1.807, 2.05) is 0 Å². The van der Waals surface area contributed by atoms with Crippen molar-refractivity contribution in [3.05, 3.63) is 102 Å². The lowest BCUT2D eigenvalue weighted by molar-refractivity contribution is -0.149. The Morgan fingerprint density at radius 3 is 1.82 bits per heavy atom. The fourth-order valence-corrected chi connectivity index (χ4v) is 10.2. The van der Waals surface area contributed by atoms with Crippen molar-refractivity contribution in [2.24, 2.45) is 0 Å². The third-order valence-corrected chi connectivity index (χ3v) is 15.0. The molecule has 3 heterocycles. The molecule has 4 aromatic rings. The minimum absolute atomic E-state index is 0.00592. The largest absolute Gasteiger partial charge is 0.496 e. The van der Waals surface area contributed by atoms with E-state index in [-0.39, 0.29) is 30.8 Å². The summed E-state index contributed by atoms with van der Waals surface area (Å²) in [4.78, 5) is 90.1. The van der Waals surface area contributed by atoms with Gasteiger partial charge in [0.1, 0.15) is 53.9 Å². The average molecular weight is 1200 g/mol. The molecule has 8 atom stereocenters. The second-order valence-corrected chi connectivity index (χ2v) is 20.4. The number of aliphatic hydroxyl groups excluding tert-OH is 2. The van der Waals surface area contributed by atoms with Gasteiger partial charge in [-0.1, -0.05) is 50.1 Å². The highest BCUT2D eigenvalue weighted by atomic mass is 79.9. The van der Waals surface area contributed by atoms with Crippen LogP contribution in [0.1, 0.15) is 49.1 Å². The molecule has 6 bridgehead atoms. The van der Waals surface area contributed by atoms with Gasteiger partial charge in [-0.15, -0.1) is 0 Å². The number of amides is 6. The van der Waals surface area contributed by atoms with Crippen molar-refractivity contribution in [2.75, 3.05) is 49.1 Å². The zero-order valence-electron chi connectivity index (χ0n) is 41.7. The molecular weight excluding hydrogens is 1140 g/mol. The topological polar surface area (TPSA) is 235 Å². The number of carbonyl (C=O) groups is 6. The van der Waals surface area contributed by atoms with Crippen LogP contribution in [-0.4, -0.2) is 152 Å². The lowest BCUT2D eigenvalue weighted by Gasteiger charge is -2.37. The molecule has 5 N–H and O–H groups in total. The fourth-order valence-electron chi connectivity index (χ4n) is 8.53. The standard InChI is InChI=1S/C51H59Br3N6O13/c1-25-46(63)56-26(2)49(66)58(4)36(18-29-12-15-39(69-7)35(54)16-29)47(64)57-27(3)50(67)60(6)38-17-28-10-13-31(14-11-28)72-42-20-30(19-37(48(65)55-25)59(5)51(38)68)33(52)22-43(42)73-44(24-61)45(62)32-21-40(70-8)41(71-9)23-34(32)53/h10-16,20-23,25-27,36-38,44-45,61-62H,17-19,24H2,1-9H3,(H,55,65)(H,56,63)(H,57,64)/t25-,26+,27+,36+,37+,38+,44?,45?/m1/s1. The van der Waals surface area contributed by atoms with Crippen LogP contribution in [0.15, 0.2) is 80.1 Å². The van der Waals surface area contributed by atoms with Crippen LogP contribution in [0.25, 0.3) is 0 Å². The first-order valence-corrected chi connectivity index (χ1v) is 25.5. The van der Waals surface area contributed by atoms with Crippen LogP contribution in [-0.2, 0) is 48.0 Å². The molecule has 1 saturated heterocycles. The second kappa shape index (κ2) is 24.4. The smallest absolute Gasteiger partial charge is 0.246 e. The summed E-state index contributed by atoms with van der Waals surface area (Å²) in [6.45, 7) is 3.70. The van der Waals surface area contributed by atoms with Crippen LogP contribution in [0.4, 0.5) is 0 Å². The van der Waals surface area contributed by atoms with Gasteiger partial charge in [0.15, 0.2) is 29.1 Å². The molecule has 0 spiro atoms. The first kappa shape index (κ1) is 56.4. The van der Waals surface area contributed by atoms with Gasteiger partial charge in [0, 0.05) is 54.9 Å². The van der Waals surface area contributed by atoms with Crippen molar-refractivity contribution in [2.45, 2.75) is 88.5 Å². The van der Waals surface area contributed by atoms with Crippen LogP contribution in [0.2, 0.25) is 0 Å². The Morgan fingerprint density at radius 1 is 0.630 bits per heavy atom. The van der Waals surface area contributed by atoms with Gasteiger partial charge in [-0.2, -0.15) is 0 Å². The number of likely N-dealkylation sites (N-methyl/N-ethyl adjacent to an activating group) is 3. The average Bonchev–Trinajstić information content (AvgIpc) is 3.37. The summed E-state index contributed by atoms with van der Waals surface area (Å²) < 4.78 is 30.4. The van der Waals surface area contributed by atoms with Crippen LogP contribution < -0.4 is 39.6 Å². The lowest BCUT2D eigenvalue weighted by Crippen LogP contribution is -2.61. The van der Waals surface area contributed by atoms with Gasteiger partial charge in [0.2, 0.25) is 35.4 Å². The summed E-state index contributed by atoms with van der Waals surface area (Å²) in [5.41, 5.74) is 2.00. The molecule has 392 valence electrons. The SMILES string of the molecule is COc1ccc(C[C@H]2C(=O)N[C@@H](C)C(=O)N(C)[C@H]3Cc4ccc(cc4)Oc4cc(c(Br)cc4OC(CO)C(O)c4cc(OC)c(OC)cc4Br)C[C@@H](C(=O)N[C@H](C)C(=O)N[C@@H](C)C(=O)N2C)N(C)C3=O)cc1Br. The summed E-state index contributed by atoms with van der Waals surface area (Å²) in [7, 11) is 8.72. The van der Waals surface area contributed by atoms with Crippen molar-refractivity contribution < 1.29 is 62.7 Å². The third kappa shape index (κ3) is 12.9. The number of aliphatic hydroxyl groups is 2. The van der Waals surface area contributed by atoms with E-state index in [9.17, 15) is 34.2 Å². The highest BCUT2D eigenvalue weighted by Crippen LogP contribution is 2.42. The number of ether oxygens (including phenoxy) is 5. The van der Waals surface area contributed by atoms with Gasteiger partial charge in [0.25, 0.3) is 0 Å². The van der Waals surface area contributed by atoms with Crippen molar-refractivity contribution >= 4 is 83.2 Å². The van der Waals surface area contributed by atoms with Gasteiger partial charge in [-0.3, -0.25) is 28.8 Å². The third-order valence-electron chi connectivity index (χ3n) is 12.9. The maximum Gasteiger partial charge on any atom is 0.246 e. The maximum absolute atomic E-state index is 15.1. The van der Waals surface area contributed by atoms with Gasteiger partial charge in [0.05, 0.1) is 32.4 Å². The zero-order valence-corrected chi connectivity index (χ0v) is 46.4. The number of fused-ring (bicyclic) bond motifs is 2. The monoisotopic (exact) mass is 1200 g/mol. The van der Waals surface area contributed by atoms with Crippen molar-refractivity contribution in [1.29, 1.82) is 0 Å². The summed E-state index contributed by atoms with van der Waals surface area (Å²) in [5.74, 6) is -2.23. The molecule has 0 radical (unpaired) electrons. The van der Waals surface area contributed by atoms with E-state index in [0.717, 1.165) is 0 Å². The van der Waals surface area contributed by atoms with Crippen molar-refractivity contribution in [1.82, 2.24) is 30.7 Å². The fraction of sp³-hybridized carbons (Fsp3) is 0.412. The van der Waals surface area contributed by atoms with E-state index in [1.165, 1.54) is 77.9 Å². The number of halogens is 3. The number of benzene rings is 4. The molecule has 0 aliphatic carbocycles. The van der Waals surface area contributed by atoms with Crippen LogP contribution in [0.5, 0.6) is 34.5 Å². The van der Waals surface area contributed by atoms with E-state index in [1.54, 1.807) is 66.7 Å². The van der Waals surface area contributed by atoms with Gasteiger partial charge >= 0.3 is 0 Å². The number of nitrogens with zero attached hydrogens (tertiary/aromatic N) is 3. The Kier molecular flexibility index (Phi) is 18.8. The molecule has 19 nitrogen and oxygen atoms in total. The number of hydrogen-bond acceptors (Lipinski definition) is 13. The number of hydrogen-bond donors (Lipinski definition) is 5. The first-order valence-electron chi connectivity index (χ1n) is 23.1. The molecular formula is C51H59Br3N6O13. The lowest BCUT2D eigenvalue weighted by atomic mass is 9.98. The number of rotatable bonds is 10. The quantitative estimate of drug-likeness (QED) is 0.146. The molecule has 73 heavy (non-hydrogen) atoms. The summed E-state index contributed by atoms with van der Waals surface area (Å²) in [5, 5.41) is 30.4. The maximum atomic E-state index is 15.1. The Bertz CT molecular complexity index is 2730. The molecule has 3 aliphatic heterocycles. The summed E-state index contributed by atoms with van der Waals surface area (Å²) in [6.07, 6.45) is -2.91. The molecule has 1 fully saturated rings. The molecule has 4 aromatic carbocycles. The van der Waals surface area contributed by atoms with Crippen molar-refractivity contribution in [3.8, 4) is 34.5 Å². The molecule has 6 amide bonds. The Balaban J connectivity index is 1.41. The van der Waals surface area contributed by atoms with Gasteiger partial charge < -0.3 is 64.5 Å². The van der Waals surface area contributed by atoms with Crippen molar-refractivity contribution in [3.63, 3.8) is 0 Å². The zero-order chi connectivity index (χ0) is 53.6. The van der Waals surface area contributed by atoms with Crippen LogP contribution in [0, 0.1) is 0 Å². The van der Waals surface area contributed by atoms with Crippen LogP contribution in [0.3, 0.4) is 0 Å². The number of nitrogens with one attached hydrogen (secondary N) is 3. The molecule has 2 unspecified atom stereocenters. The summed E-state index contributed by atoms with van der Waals surface area (Å²) >= 11 is 10.6. The minimum atomic E-state index is -1.42. The molecule has 22 heteroatoms. The number of methoxy groups -OCH3 is 3. The Morgan fingerprint density at radius 2 is 1.21 bits per heavy atom. The molecule has 3 aliphatic rings. The van der Waals surface area contributed by atoms with Gasteiger partial charge in [-0.25, -0.2) is 0 Å². The van der Waals surface area contributed by atoms with E-state index in [0.29, 0.717) is 58.7 Å². The van der Waals surface area contributed by atoms with E-state index < -0.39 is 90.5 Å². The predicted molar refractivity (Wildman–Crippen MR) is 279 cm³/mol. The van der Waals surface area contributed by atoms with E-state index >= 15 is 4.79 Å². The second-order valence-electron chi connectivity index (χ2n) is 17.8. The Labute approximate surface area is 448 Å². The number of carbonyl (C=O) groups excluding carboxylic acids is 6. The first-order chi connectivity index (χ1) is 34.6. The normalized spacial score (nSPS) is 22.2. The van der Waals surface area contributed by atoms with Crippen LogP contribution >= 0.6 is 47.8 Å². The van der Waals surface area contributed by atoms with E-state index in [4.69, 9.17) is 23.7 Å². The highest BCUT2D eigenvalue weighted by Gasteiger charge is 2.40. The van der Waals surface area contributed by atoms with Gasteiger partial charge in [-0.05, 0) is 102 Å².